The van der Waals surface area contributed by atoms with Crippen molar-refractivity contribution in [2.75, 3.05) is 6.61 Å². The molecule has 0 aromatic heterocycles. The Hall–Kier alpha value is -0.870. The molecule has 0 fully saturated rings. The molecule has 0 bridgehead atoms. The first kappa shape index (κ1) is 12.2. The van der Waals surface area contributed by atoms with Crippen LogP contribution in [0.2, 0.25) is 0 Å². The third-order valence-electron chi connectivity index (χ3n) is 2.15. The van der Waals surface area contributed by atoms with Crippen molar-refractivity contribution in [2.45, 2.75) is 19.4 Å². The third kappa shape index (κ3) is 3.64. The molecule has 0 radical (unpaired) electrons. The van der Waals surface area contributed by atoms with Crippen LogP contribution in [-0.2, 0) is 0 Å². The number of hydrogen-bond donors (Lipinski definition) is 2. The molecule has 0 saturated carbocycles. The van der Waals surface area contributed by atoms with Crippen LogP contribution in [0.4, 0.5) is 0 Å². The molecule has 0 spiro atoms. The van der Waals surface area contributed by atoms with Gasteiger partial charge in [-0.1, -0.05) is 22.9 Å². The van der Waals surface area contributed by atoms with E-state index in [1.54, 1.807) is 12.1 Å². The second-order valence-electron chi connectivity index (χ2n) is 3.27. The van der Waals surface area contributed by atoms with Gasteiger partial charge in [-0.2, -0.15) is 0 Å². The second kappa shape index (κ2) is 5.88. The lowest BCUT2D eigenvalue weighted by Gasteiger charge is -2.13. The Labute approximate surface area is 97.6 Å². The monoisotopic (exact) mass is 271 g/mol. The molecule has 82 valence electrons. The van der Waals surface area contributed by atoms with Gasteiger partial charge < -0.3 is 10.4 Å². The van der Waals surface area contributed by atoms with E-state index >= 15 is 0 Å². The van der Waals surface area contributed by atoms with Crippen LogP contribution in [0.25, 0.3) is 0 Å². The maximum atomic E-state index is 11.6. The van der Waals surface area contributed by atoms with Crippen molar-refractivity contribution in [3.8, 4) is 0 Å². The van der Waals surface area contributed by atoms with Crippen molar-refractivity contribution >= 4 is 21.8 Å². The topological polar surface area (TPSA) is 49.3 Å². The van der Waals surface area contributed by atoms with Crippen LogP contribution in [0.1, 0.15) is 23.7 Å². The van der Waals surface area contributed by atoms with Crippen molar-refractivity contribution in [1.29, 1.82) is 0 Å². The number of aliphatic hydroxyl groups excluding tert-OH is 1. The molecule has 2 N–H and O–H groups in total. The summed E-state index contributed by atoms with van der Waals surface area (Å²) in [4.78, 5) is 11.6. The van der Waals surface area contributed by atoms with Crippen molar-refractivity contribution < 1.29 is 9.90 Å². The highest BCUT2D eigenvalue weighted by Crippen LogP contribution is 2.10. The van der Waals surface area contributed by atoms with E-state index in [1.807, 2.05) is 19.1 Å². The molecule has 1 aromatic carbocycles. The van der Waals surface area contributed by atoms with E-state index in [0.29, 0.717) is 5.56 Å². The van der Waals surface area contributed by atoms with E-state index in [1.165, 1.54) is 0 Å². The largest absolute Gasteiger partial charge is 0.394 e. The minimum absolute atomic E-state index is 0.0290. The number of hydrogen-bond acceptors (Lipinski definition) is 2. The van der Waals surface area contributed by atoms with Gasteiger partial charge in [0, 0.05) is 10.0 Å². The first-order valence-corrected chi connectivity index (χ1v) is 5.64. The Morgan fingerprint density at radius 3 is 2.53 bits per heavy atom. The quantitative estimate of drug-likeness (QED) is 0.880. The number of halogens is 1. The van der Waals surface area contributed by atoms with Gasteiger partial charge in [0.25, 0.3) is 5.91 Å². The van der Waals surface area contributed by atoms with Crippen molar-refractivity contribution in [1.82, 2.24) is 5.32 Å². The molecule has 1 aromatic rings. The van der Waals surface area contributed by atoms with Gasteiger partial charge in [0.2, 0.25) is 0 Å². The Morgan fingerprint density at radius 2 is 2.07 bits per heavy atom. The minimum atomic E-state index is -0.166. The standard InChI is InChI=1S/C11H14BrNO2/c1-2-10(7-14)13-11(15)8-3-5-9(12)6-4-8/h3-6,10,14H,2,7H2,1H3,(H,13,15)/t10-/m0/s1. The lowest BCUT2D eigenvalue weighted by Crippen LogP contribution is -2.36. The minimum Gasteiger partial charge on any atom is -0.394 e. The maximum absolute atomic E-state index is 11.6. The molecular weight excluding hydrogens is 258 g/mol. The number of aliphatic hydroxyl groups is 1. The average Bonchev–Trinajstić information content (AvgIpc) is 2.26. The fourth-order valence-electron chi connectivity index (χ4n) is 1.15. The summed E-state index contributed by atoms with van der Waals surface area (Å²) in [6, 6.07) is 6.94. The van der Waals surface area contributed by atoms with Crippen LogP contribution in [-0.4, -0.2) is 23.7 Å². The Morgan fingerprint density at radius 1 is 1.47 bits per heavy atom. The molecule has 1 atom stereocenters. The predicted molar refractivity (Wildman–Crippen MR) is 62.8 cm³/mol. The molecule has 0 aliphatic carbocycles. The Bertz CT molecular complexity index is 320. The molecule has 0 heterocycles. The summed E-state index contributed by atoms with van der Waals surface area (Å²) in [5, 5.41) is 11.7. The summed E-state index contributed by atoms with van der Waals surface area (Å²) in [7, 11) is 0. The molecular formula is C11H14BrNO2. The zero-order chi connectivity index (χ0) is 11.3. The smallest absolute Gasteiger partial charge is 0.251 e. The van der Waals surface area contributed by atoms with Gasteiger partial charge in [0.1, 0.15) is 0 Å². The molecule has 0 saturated heterocycles. The van der Waals surface area contributed by atoms with Crippen LogP contribution < -0.4 is 5.32 Å². The average molecular weight is 272 g/mol. The highest BCUT2D eigenvalue weighted by Gasteiger charge is 2.10. The lowest BCUT2D eigenvalue weighted by molar-refractivity contribution is 0.0915. The fourth-order valence-corrected chi connectivity index (χ4v) is 1.41. The first-order valence-electron chi connectivity index (χ1n) is 4.84. The number of amides is 1. The SMILES string of the molecule is CC[C@@H](CO)NC(=O)c1ccc(Br)cc1. The number of carbonyl (C=O) groups excluding carboxylic acids is 1. The van der Waals surface area contributed by atoms with Gasteiger partial charge in [-0.15, -0.1) is 0 Å². The number of rotatable bonds is 4. The number of nitrogens with one attached hydrogen (secondary N) is 1. The van der Waals surface area contributed by atoms with Crippen molar-refractivity contribution in [3.63, 3.8) is 0 Å². The van der Waals surface area contributed by atoms with E-state index in [-0.39, 0.29) is 18.6 Å². The number of benzene rings is 1. The summed E-state index contributed by atoms with van der Waals surface area (Å²) in [6.45, 7) is 1.89. The summed E-state index contributed by atoms with van der Waals surface area (Å²) in [6.07, 6.45) is 0.721. The van der Waals surface area contributed by atoms with Gasteiger partial charge >= 0.3 is 0 Å². The van der Waals surface area contributed by atoms with Gasteiger partial charge in [-0.05, 0) is 30.7 Å². The van der Waals surface area contributed by atoms with E-state index in [0.717, 1.165) is 10.9 Å². The van der Waals surface area contributed by atoms with Crippen molar-refractivity contribution in [3.05, 3.63) is 34.3 Å². The summed E-state index contributed by atoms with van der Waals surface area (Å²) < 4.78 is 0.938. The summed E-state index contributed by atoms with van der Waals surface area (Å²) in [5.41, 5.74) is 0.602. The second-order valence-corrected chi connectivity index (χ2v) is 4.18. The maximum Gasteiger partial charge on any atom is 0.251 e. The Kier molecular flexibility index (Phi) is 4.78. The Balaban J connectivity index is 2.64. The highest BCUT2D eigenvalue weighted by molar-refractivity contribution is 9.10. The van der Waals surface area contributed by atoms with Crippen LogP contribution in [0, 0.1) is 0 Å². The molecule has 1 rings (SSSR count). The number of carbonyl (C=O) groups is 1. The van der Waals surface area contributed by atoms with E-state index in [4.69, 9.17) is 5.11 Å². The van der Waals surface area contributed by atoms with Gasteiger partial charge in [-0.3, -0.25) is 4.79 Å². The first-order chi connectivity index (χ1) is 7.17. The fraction of sp³-hybridized carbons (Fsp3) is 0.364. The van der Waals surface area contributed by atoms with E-state index < -0.39 is 0 Å². The zero-order valence-electron chi connectivity index (χ0n) is 8.53. The van der Waals surface area contributed by atoms with Crippen molar-refractivity contribution in [2.24, 2.45) is 0 Å². The van der Waals surface area contributed by atoms with Crippen LogP contribution in [0.3, 0.4) is 0 Å². The molecule has 0 aliphatic heterocycles. The molecule has 0 aliphatic rings. The predicted octanol–water partition coefficient (Wildman–Crippen LogP) is 1.95. The zero-order valence-corrected chi connectivity index (χ0v) is 10.1. The van der Waals surface area contributed by atoms with Gasteiger partial charge in [0.05, 0.1) is 12.6 Å². The van der Waals surface area contributed by atoms with Crippen LogP contribution in [0.5, 0.6) is 0 Å². The molecule has 3 nitrogen and oxygen atoms in total. The van der Waals surface area contributed by atoms with Gasteiger partial charge in [-0.25, -0.2) is 0 Å². The third-order valence-corrected chi connectivity index (χ3v) is 2.68. The molecule has 0 unspecified atom stereocenters. The highest BCUT2D eigenvalue weighted by atomic mass is 79.9. The summed E-state index contributed by atoms with van der Waals surface area (Å²) >= 11 is 3.30. The summed E-state index contributed by atoms with van der Waals surface area (Å²) in [5.74, 6) is -0.150. The van der Waals surface area contributed by atoms with Gasteiger partial charge in [0.15, 0.2) is 0 Å². The lowest BCUT2D eigenvalue weighted by atomic mass is 10.2. The van der Waals surface area contributed by atoms with E-state index in [9.17, 15) is 4.79 Å². The molecule has 4 heteroatoms. The normalized spacial score (nSPS) is 12.2. The van der Waals surface area contributed by atoms with Crippen LogP contribution in [0.15, 0.2) is 28.7 Å². The van der Waals surface area contributed by atoms with E-state index in [2.05, 4.69) is 21.2 Å². The molecule has 15 heavy (non-hydrogen) atoms. The van der Waals surface area contributed by atoms with Crippen LogP contribution >= 0.6 is 15.9 Å². The molecule has 1 amide bonds.